The molecule has 208 valence electrons. The largest absolute Gasteiger partial charge is 0.356 e. The first kappa shape index (κ1) is 28.6. The third-order valence-electron chi connectivity index (χ3n) is 6.35. The highest BCUT2D eigenvalue weighted by Gasteiger charge is 2.37. The zero-order valence-electron chi connectivity index (χ0n) is 22.2. The summed E-state index contributed by atoms with van der Waals surface area (Å²) in [5, 5.41) is 3.68. The monoisotopic (exact) mass is 549 g/mol. The number of hydrazine groups is 1. The molecule has 40 heavy (non-hydrogen) atoms. The summed E-state index contributed by atoms with van der Waals surface area (Å²) in [6.07, 6.45) is -1.55. The maximum atomic E-state index is 13.9. The fraction of sp³-hybridized carbons (Fsp3) is 0.267. The topological polar surface area (TPSA) is 105 Å². The molecular weight excluding hydrogens is 520 g/mol. The SMILES string of the molecule is CC(=O)COC1C(=O)N(NC(=O)[C@@H](NC(=O)Cc2cc(F)cc(F)c2)C(C)C)c2ccccc2-c2ccccc21. The van der Waals surface area contributed by atoms with Crippen LogP contribution in [0.5, 0.6) is 0 Å². The molecule has 3 amide bonds. The number of nitrogens with one attached hydrogen (secondary N) is 2. The average molecular weight is 550 g/mol. The molecule has 0 bridgehead atoms. The van der Waals surface area contributed by atoms with Gasteiger partial charge in [-0.1, -0.05) is 56.3 Å². The van der Waals surface area contributed by atoms with Gasteiger partial charge in [-0.05, 0) is 47.7 Å². The summed E-state index contributed by atoms with van der Waals surface area (Å²) in [6.45, 7) is 4.45. The van der Waals surface area contributed by atoms with Crippen LogP contribution in [0.4, 0.5) is 14.5 Å². The van der Waals surface area contributed by atoms with Crippen molar-refractivity contribution in [2.75, 3.05) is 11.6 Å². The first-order valence-corrected chi connectivity index (χ1v) is 12.7. The minimum absolute atomic E-state index is 0.109. The predicted octanol–water partition coefficient (Wildman–Crippen LogP) is 4.04. The number of hydrogen-bond donors (Lipinski definition) is 2. The number of benzene rings is 3. The molecule has 8 nitrogen and oxygen atoms in total. The predicted molar refractivity (Wildman–Crippen MR) is 144 cm³/mol. The third-order valence-corrected chi connectivity index (χ3v) is 6.35. The molecule has 4 rings (SSSR count). The number of halogens is 2. The van der Waals surface area contributed by atoms with Crippen LogP contribution in [0.2, 0.25) is 0 Å². The van der Waals surface area contributed by atoms with Gasteiger partial charge in [-0.15, -0.1) is 0 Å². The summed E-state index contributed by atoms with van der Waals surface area (Å²) >= 11 is 0. The number of Topliss-reactive ketones (excluding diaryl/α,β-unsaturated/α-hetero) is 1. The van der Waals surface area contributed by atoms with Crippen molar-refractivity contribution in [1.82, 2.24) is 10.7 Å². The lowest BCUT2D eigenvalue weighted by molar-refractivity contribution is -0.137. The summed E-state index contributed by atoms with van der Waals surface area (Å²) in [4.78, 5) is 51.8. The normalized spacial score (nSPS) is 15.1. The van der Waals surface area contributed by atoms with E-state index in [0.717, 1.165) is 17.1 Å². The molecule has 0 radical (unpaired) electrons. The fourth-order valence-electron chi connectivity index (χ4n) is 4.55. The second-order valence-electron chi connectivity index (χ2n) is 9.89. The molecule has 0 fully saturated rings. The summed E-state index contributed by atoms with van der Waals surface area (Å²) < 4.78 is 32.9. The van der Waals surface area contributed by atoms with Crippen LogP contribution >= 0.6 is 0 Å². The zero-order chi connectivity index (χ0) is 29.0. The van der Waals surface area contributed by atoms with Crippen LogP contribution in [-0.4, -0.2) is 36.2 Å². The Labute approximate surface area is 230 Å². The first-order valence-electron chi connectivity index (χ1n) is 12.7. The van der Waals surface area contributed by atoms with Crippen molar-refractivity contribution >= 4 is 29.2 Å². The molecule has 2 atom stereocenters. The van der Waals surface area contributed by atoms with Crippen LogP contribution in [0.15, 0.2) is 66.7 Å². The van der Waals surface area contributed by atoms with E-state index in [4.69, 9.17) is 4.74 Å². The van der Waals surface area contributed by atoms with Crippen molar-refractivity contribution in [3.8, 4) is 11.1 Å². The number of rotatable bonds is 9. The van der Waals surface area contributed by atoms with Crippen molar-refractivity contribution in [1.29, 1.82) is 0 Å². The Bertz CT molecular complexity index is 1440. The lowest BCUT2D eigenvalue weighted by atomic mass is 9.96. The van der Waals surface area contributed by atoms with Gasteiger partial charge in [0.15, 0.2) is 11.9 Å². The van der Waals surface area contributed by atoms with Crippen LogP contribution < -0.4 is 15.8 Å². The van der Waals surface area contributed by atoms with Crippen LogP contribution in [0, 0.1) is 17.6 Å². The van der Waals surface area contributed by atoms with Gasteiger partial charge in [0, 0.05) is 11.6 Å². The van der Waals surface area contributed by atoms with E-state index in [2.05, 4.69) is 10.7 Å². The third kappa shape index (κ3) is 6.40. The van der Waals surface area contributed by atoms with Gasteiger partial charge >= 0.3 is 0 Å². The Kier molecular flexibility index (Phi) is 8.69. The van der Waals surface area contributed by atoms with E-state index >= 15 is 0 Å². The number of amides is 3. The number of carbonyl (C=O) groups excluding carboxylic acids is 4. The number of ether oxygens (including phenoxy) is 1. The van der Waals surface area contributed by atoms with E-state index in [0.29, 0.717) is 28.4 Å². The van der Waals surface area contributed by atoms with E-state index in [1.165, 1.54) is 6.92 Å². The minimum Gasteiger partial charge on any atom is -0.356 e. The number of fused-ring (bicyclic) bond motifs is 3. The smallest absolute Gasteiger partial charge is 0.279 e. The van der Waals surface area contributed by atoms with Crippen molar-refractivity contribution in [2.45, 2.75) is 39.3 Å². The average Bonchev–Trinajstić information content (AvgIpc) is 2.98. The number of nitrogens with zero attached hydrogens (tertiary/aromatic N) is 1. The fourth-order valence-corrected chi connectivity index (χ4v) is 4.55. The van der Waals surface area contributed by atoms with Crippen molar-refractivity contribution < 1.29 is 32.7 Å². The van der Waals surface area contributed by atoms with Gasteiger partial charge in [0.1, 0.15) is 24.3 Å². The number of hydrogen-bond acceptors (Lipinski definition) is 5. The Balaban J connectivity index is 1.63. The first-order chi connectivity index (χ1) is 19.0. The van der Waals surface area contributed by atoms with Crippen molar-refractivity contribution in [3.63, 3.8) is 0 Å². The second kappa shape index (κ2) is 12.2. The van der Waals surface area contributed by atoms with Gasteiger partial charge in [-0.3, -0.25) is 24.6 Å². The van der Waals surface area contributed by atoms with Crippen LogP contribution in [0.1, 0.15) is 38.0 Å². The molecule has 10 heteroatoms. The molecule has 3 aromatic rings. The lowest BCUT2D eigenvalue weighted by Crippen LogP contribution is -2.57. The van der Waals surface area contributed by atoms with E-state index in [1.54, 1.807) is 50.2 Å². The van der Waals surface area contributed by atoms with Gasteiger partial charge in [-0.25, -0.2) is 13.8 Å². The molecule has 1 unspecified atom stereocenters. The Morgan fingerprint density at radius 2 is 1.57 bits per heavy atom. The van der Waals surface area contributed by atoms with Crippen LogP contribution in [0.25, 0.3) is 11.1 Å². The molecule has 1 aliphatic rings. The maximum Gasteiger partial charge on any atom is 0.279 e. The molecule has 0 saturated heterocycles. The number of carbonyl (C=O) groups is 4. The van der Waals surface area contributed by atoms with Crippen molar-refractivity contribution in [2.24, 2.45) is 5.92 Å². The van der Waals surface area contributed by atoms with Gasteiger partial charge in [0.2, 0.25) is 5.91 Å². The minimum atomic E-state index is -1.19. The number of para-hydroxylation sites is 1. The molecule has 1 aliphatic heterocycles. The van der Waals surface area contributed by atoms with Gasteiger partial charge in [-0.2, -0.15) is 0 Å². The van der Waals surface area contributed by atoms with Gasteiger partial charge in [0.05, 0.1) is 12.1 Å². The standard InChI is InChI=1S/C30H29F2N3O5/c1-17(2)27(33-26(37)14-19-12-20(31)15-21(32)13-19)29(38)34-35-25-11-7-6-9-23(25)22-8-4-5-10-24(22)28(30(35)39)40-16-18(3)36/h4-13,15,17,27-28H,14,16H2,1-3H3,(H,33,37)(H,34,38)/t27-,28?/m0/s1. The molecule has 0 aromatic heterocycles. The van der Waals surface area contributed by atoms with E-state index in [-0.39, 0.29) is 24.4 Å². The Hall–Kier alpha value is -4.44. The molecule has 0 aliphatic carbocycles. The molecule has 3 aromatic carbocycles. The van der Waals surface area contributed by atoms with E-state index < -0.39 is 47.4 Å². The molecule has 1 heterocycles. The van der Waals surface area contributed by atoms with E-state index in [9.17, 15) is 28.0 Å². The highest BCUT2D eigenvalue weighted by molar-refractivity contribution is 6.06. The van der Waals surface area contributed by atoms with Crippen molar-refractivity contribution in [3.05, 3.63) is 89.5 Å². The molecule has 0 spiro atoms. The van der Waals surface area contributed by atoms with Crippen LogP contribution in [0.3, 0.4) is 0 Å². The van der Waals surface area contributed by atoms with E-state index in [1.807, 2.05) is 12.1 Å². The summed E-state index contributed by atoms with van der Waals surface area (Å²) in [7, 11) is 0. The van der Waals surface area contributed by atoms with Gasteiger partial charge in [0.25, 0.3) is 11.8 Å². The number of anilines is 1. The lowest BCUT2D eigenvalue weighted by Gasteiger charge is -2.29. The molecule has 0 saturated carbocycles. The quantitative estimate of drug-likeness (QED) is 0.419. The number of ketones is 1. The second-order valence-corrected chi connectivity index (χ2v) is 9.89. The van der Waals surface area contributed by atoms with Crippen LogP contribution in [-0.2, 0) is 30.3 Å². The summed E-state index contributed by atoms with van der Waals surface area (Å²) in [6, 6.07) is 15.8. The summed E-state index contributed by atoms with van der Waals surface area (Å²) in [5.41, 5.74) is 5.01. The molecule has 2 N–H and O–H groups in total. The highest BCUT2D eigenvalue weighted by Crippen LogP contribution is 2.40. The summed E-state index contributed by atoms with van der Waals surface area (Å²) in [5.74, 6) is -4.26. The molecular formula is C30H29F2N3O5. The van der Waals surface area contributed by atoms with Gasteiger partial charge < -0.3 is 10.1 Å². The Morgan fingerprint density at radius 1 is 0.950 bits per heavy atom. The Morgan fingerprint density at radius 3 is 2.23 bits per heavy atom. The maximum absolute atomic E-state index is 13.9. The zero-order valence-corrected chi connectivity index (χ0v) is 22.2. The highest BCUT2D eigenvalue weighted by atomic mass is 19.1.